The molecule has 5 fully saturated rings. The molecule has 514 valence electrons. The fraction of sp³-hybridized carbons (Fsp3) is 0.929. The molecule has 0 aliphatic carbocycles. The maximum atomic E-state index is 12.6. The van der Waals surface area contributed by atoms with Crippen molar-refractivity contribution < 1.29 is 190 Å². The van der Waals surface area contributed by atoms with Gasteiger partial charge in [0, 0.05) is 20.8 Å². The van der Waals surface area contributed by atoms with Gasteiger partial charge >= 0.3 is 31.2 Å². The Morgan fingerprint density at radius 1 is 0.455 bits per heavy atom. The van der Waals surface area contributed by atoms with Gasteiger partial charge in [-0.25, -0.2) is 12.5 Å². The molecule has 0 radical (unpaired) electrons. The van der Waals surface area contributed by atoms with E-state index in [-0.39, 0.29) is 0 Å². The van der Waals surface area contributed by atoms with Crippen molar-refractivity contribution in [3.05, 3.63) is 0 Å². The highest BCUT2D eigenvalue weighted by molar-refractivity contribution is 7.81. The summed E-state index contributed by atoms with van der Waals surface area (Å²) >= 11 is 0. The van der Waals surface area contributed by atoms with Crippen molar-refractivity contribution in [2.24, 2.45) is 0 Å². The summed E-state index contributed by atoms with van der Waals surface area (Å²) in [6.45, 7) is -5.81. The van der Waals surface area contributed by atoms with Gasteiger partial charge in [0.25, 0.3) is 0 Å². The van der Waals surface area contributed by atoms with Gasteiger partial charge in [-0.1, -0.05) is 0 Å². The van der Waals surface area contributed by atoms with E-state index in [1.165, 1.54) is 0 Å². The molecule has 46 heteroatoms. The smallest absolute Gasteiger partial charge is 0.394 e. The predicted molar refractivity (Wildman–Crippen MR) is 267 cm³/mol. The molecular weight excluding hydrogens is 1280 g/mol. The molecule has 29 unspecified atom stereocenters. The number of hydrogen-bond acceptors (Lipinski definition) is 37. The minimum atomic E-state index is -5.43. The lowest BCUT2D eigenvalue weighted by Gasteiger charge is -2.49. The number of rotatable bonds is 29. The van der Waals surface area contributed by atoms with Crippen molar-refractivity contribution in [1.29, 1.82) is 0 Å². The van der Waals surface area contributed by atoms with E-state index in [9.17, 15) is 121 Å². The Morgan fingerprint density at radius 2 is 0.830 bits per heavy atom. The summed E-state index contributed by atoms with van der Waals surface area (Å²) in [4.78, 5) is 37.5. The highest BCUT2D eigenvalue weighted by atomic mass is 32.3. The van der Waals surface area contributed by atoms with Crippen LogP contribution in [0.4, 0.5) is 0 Å². The van der Waals surface area contributed by atoms with Crippen LogP contribution in [0.15, 0.2) is 0 Å². The van der Waals surface area contributed by atoms with Crippen LogP contribution in [-0.2, 0) is 105 Å². The lowest BCUT2D eigenvalue weighted by atomic mass is 9.94. The molecule has 0 aromatic heterocycles. The minimum absolute atomic E-state index is 0.881. The van der Waals surface area contributed by atoms with Crippen LogP contribution in [0.3, 0.4) is 0 Å². The second-order valence-electron chi connectivity index (χ2n) is 20.4. The van der Waals surface area contributed by atoms with Crippen LogP contribution in [0.2, 0.25) is 0 Å². The Balaban J connectivity index is 1.41. The Bertz CT molecular complexity index is 2600. The Kier molecular flexibility index (Phi) is 27.7. The van der Waals surface area contributed by atoms with Gasteiger partial charge in [-0.15, -0.1) is 0 Å². The van der Waals surface area contributed by atoms with Gasteiger partial charge in [-0.05, 0) is 0 Å². The van der Waals surface area contributed by atoms with Crippen molar-refractivity contribution in [3.63, 3.8) is 0 Å². The van der Waals surface area contributed by atoms with E-state index in [1.807, 2.05) is 0 Å². The first-order valence-electron chi connectivity index (χ1n) is 26.0. The third-order valence-electron chi connectivity index (χ3n) is 13.9. The largest absolute Gasteiger partial charge is 0.397 e. The summed E-state index contributed by atoms with van der Waals surface area (Å²) in [7, 11) is -15.8. The van der Waals surface area contributed by atoms with Crippen LogP contribution in [0.5, 0.6) is 0 Å². The second kappa shape index (κ2) is 32.2. The molecule has 0 aromatic carbocycles. The Labute approximate surface area is 498 Å². The van der Waals surface area contributed by atoms with Gasteiger partial charge in [-0.3, -0.25) is 28.0 Å². The molecule has 5 aliphatic heterocycles. The summed E-state index contributed by atoms with van der Waals surface area (Å²) in [5, 5.41) is 171. The van der Waals surface area contributed by atoms with Crippen molar-refractivity contribution in [2.75, 3.05) is 46.2 Å². The van der Waals surface area contributed by atoms with Gasteiger partial charge in [0.1, 0.15) is 140 Å². The molecule has 5 rings (SSSR count). The third kappa shape index (κ3) is 20.3. The normalized spacial score (nSPS) is 40.0. The van der Waals surface area contributed by atoms with Crippen LogP contribution in [0.1, 0.15) is 20.8 Å². The number of carbonyl (C=O) groups is 3. The average Bonchev–Trinajstić information content (AvgIpc) is 2.07. The van der Waals surface area contributed by atoms with Crippen molar-refractivity contribution in [3.8, 4) is 0 Å². The molecule has 21 N–H and O–H groups in total. The van der Waals surface area contributed by atoms with Crippen molar-refractivity contribution >= 4 is 48.9 Å². The van der Waals surface area contributed by atoms with Crippen LogP contribution in [-0.4, -0.2) is 357 Å². The van der Waals surface area contributed by atoms with E-state index >= 15 is 0 Å². The number of aliphatic hydroxyl groups is 15. The maximum absolute atomic E-state index is 12.6. The topological polar surface area (TPSA) is 674 Å². The summed E-state index contributed by atoms with van der Waals surface area (Å²) in [6, 6.07) is -5.72. The van der Waals surface area contributed by atoms with Crippen LogP contribution >= 0.6 is 0 Å². The zero-order valence-corrected chi connectivity index (χ0v) is 48.4. The van der Waals surface area contributed by atoms with Crippen LogP contribution < -0.4 is 16.0 Å². The van der Waals surface area contributed by atoms with E-state index in [0.29, 0.717) is 0 Å². The number of hydrogen-bond donors (Lipinski definition) is 21. The zero-order valence-electron chi connectivity index (χ0n) is 45.9. The highest BCUT2D eigenvalue weighted by Crippen LogP contribution is 2.35. The van der Waals surface area contributed by atoms with Crippen molar-refractivity contribution in [1.82, 2.24) is 16.0 Å². The van der Waals surface area contributed by atoms with E-state index in [4.69, 9.17) is 56.5 Å². The molecule has 5 aliphatic rings. The van der Waals surface area contributed by atoms with Gasteiger partial charge < -0.3 is 140 Å². The number of nitrogens with one attached hydrogen (secondary N) is 3. The molecule has 5 heterocycles. The number of amides is 3. The number of carbonyl (C=O) groups excluding carboxylic acids is 3. The first kappa shape index (κ1) is 75.7. The summed E-state index contributed by atoms with van der Waals surface area (Å²) < 4.78 is 165. The van der Waals surface area contributed by atoms with Gasteiger partial charge in [0.2, 0.25) is 17.7 Å². The van der Waals surface area contributed by atoms with Crippen LogP contribution in [0, 0.1) is 0 Å². The van der Waals surface area contributed by atoms with Gasteiger partial charge in [-0.2, -0.15) is 25.3 Å². The molecule has 0 aromatic rings. The van der Waals surface area contributed by atoms with Crippen LogP contribution in [0.25, 0.3) is 0 Å². The fourth-order valence-electron chi connectivity index (χ4n) is 9.65. The zero-order chi connectivity index (χ0) is 66.2. The summed E-state index contributed by atoms with van der Waals surface area (Å²) in [5.74, 6) is -2.89. The van der Waals surface area contributed by atoms with E-state index in [1.54, 1.807) is 0 Å². The number of ether oxygens (including phenoxy) is 10. The maximum Gasteiger partial charge on any atom is 0.397 e. The lowest BCUT2D eigenvalue weighted by molar-refractivity contribution is -0.371. The quantitative estimate of drug-likeness (QED) is 0.0309. The minimum Gasteiger partial charge on any atom is -0.394 e. The van der Waals surface area contributed by atoms with E-state index < -0.39 is 273 Å². The van der Waals surface area contributed by atoms with E-state index in [0.717, 1.165) is 20.8 Å². The first-order chi connectivity index (χ1) is 40.8. The fourth-order valence-corrected chi connectivity index (χ4v) is 10.6. The Hall–Kier alpha value is -2.98. The summed E-state index contributed by atoms with van der Waals surface area (Å²) in [5.41, 5.74) is 0. The predicted octanol–water partition coefficient (Wildman–Crippen LogP) is -14.6. The summed E-state index contributed by atoms with van der Waals surface area (Å²) in [6.07, 6.45) is -56.5. The van der Waals surface area contributed by atoms with E-state index in [2.05, 4.69) is 28.5 Å². The monoisotopic (exact) mass is 1360 g/mol. The second-order valence-corrected chi connectivity index (χ2v) is 23.6. The van der Waals surface area contributed by atoms with Crippen molar-refractivity contribution in [2.45, 2.75) is 199 Å². The highest BCUT2D eigenvalue weighted by Gasteiger charge is 2.57. The molecule has 0 saturated carbocycles. The lowest BCUT2D eigenvalue weighted by Crippen LogP contribution is -2.69. The SMILES string of the molecule is CC(=O)NC(CO)C(OC1OC(COS(=O)(=O)O)C(O)C(OC2OC(CO)C(OC3OC(COS(=O)(=O)O)C(O)C(O)C3O)C(O)C2NC(C)=O)C1O)C(O)C(O)COC1OC(CO)C(OC2OC(COS(=O)(=O)O)C(O)C(O)C2O)C(O)C1NC(C)=O. The molecular formula is C42H73N3O40S3. The molecule has 0 spiro atoms. The molecule has 88 heavy (non-hydrogen) atoms. The Morgan fingerprint density at radius 3 is 1.22 bits per heavy atom. The molecule has 3 amide bonds. The molecule has 5 saturated heterocycles. The van der Waals surface area contributed by atoms with Gasteiger partial charge in [0.15, 0.2) is 31.5 Å². The molecule has 0 bridgehead atoms. The first-order valence-corrected chi connectivity index (χ1v) is 30.1. The standard InChI is InChI=1S/C42H73N3O40S3/c1-11(49)43-14(4-46)34(23(53)15(52)7-73-38-21(44-12(2)50)27(57)35(16(5-47)77-38)83-40-31(61)29(59)24(54)18(79-40)8-74-86(64,65)66)82-42-33(63)37(26(56)20(81-42)10-76-88(70,71)72)85-39-22(45-13(3)51)28(58)36(17(6-48)78-39)84-41-32(62)30(60)25(55)19(80-41)9-75-87(67,68)69/h14-42,46-48,52-63H,4-10H2,1-3H3,(H,43,49)(H,44,50)(H,45,51)(H,64,65,66)(H,67,68,69)(H,70,71,72). The number of aliphatic hydroxyl groups excluding tert-OH is 15. The molecule has 43 nitrogen and oxygen atoms in total. The van der Waals surface area contributed by atoms with Gasteiger partial charge in [0.05, 0.1) is 52.3 Å². The molecule has 29 atom stereocenters. The average molecular weight is 1360 g/mol. The third-order valence-corrected chi connectivity index (χ3v) is 15.2.